The van der Waals surface area contributed by atoms with Crippen molar-refractivity contribution < 1.29 is 14.3 Å². The lowest BCUT2D eigenvalue weighted by Gasteiger charge is -2.21. The smallest absolute Gasteiger partial charge is 0.332 e. The zero-order chi connectivity index (χ0) is 14.0. The van der Waals surface area contributed by atoms with Crippen molar-refractivity contribution in [2.45, 2.75) is 51.0 Å². The van der Waals surface area contributed by atoms with Crippen LogP contribution in [0.15, 0.2) is 30.3 Å². The van der Waals surface area contributed by atoms with E-state index in [-0.39, 0.29) is 18.7 Å². The molecule has 0 aromatic heterocycles. The minimum atomic E-state index is -0.233. The van der Waals surface area contributed by atoms with E-state index >= 15 is 0 Å². The van der Waals surface area contributed by atoms with Crippen LogP contribution >= 0.6 is 0 Å². The van der Waals surface area contributed by atoms with Gasteiger partial charge in [-0.3, -0.25) is 0 Å². The fourth-order valence-electron chi connectivity index (χ4n) is 2.57. The Labute approximate surface area is 121 Å². The van der Waals surface area contributed by atoms with E-state index < -0.39 is 0 Å². The second-order valence-electron chi connectivity index (χ2n) is 5.38. The van der Waals surface area contributed by atoms with E-state index in [1.807, 2.05) is 18.2 Å². The molecule has 0 aliphatic heterocycles. The minimum Gasteiger partial charge on any atom is -0.464 e. The van der Waals surface area contributed by atoms with Gasteiger partial charge in [-0.15, -0.1) is 0 Å². The third-order valence-electron chi connectivity index (χ3n) is 3.70. The van der Waals surface area contributed by atoms with E-state index in [0.29, 0.717) is 6.61 Å². The first kappa shape index (κ1) is 15.0. The topological polar surface area (TPSA) is 35.5 Å². The molecule has 0 unspecified atom stereocenters. The molecule has 3 nitrogen and oxygen atoms in total. The van der Waals surface area contributed by atoms with E-state index in [4.69, 9.17) is 9.47 Å². The van der Waals surface area contributed by atoms with Crippen LogP contribution in [0.2, 0.25) is 0 Å². The van der Waals surface area contributed by atoms with E-state index in [9.17, 15) is 4.79 Å². The highest BCUT2D eigenvalue weighted by Gasteiger charge is 2.15. The van der Waals surface area contributed by atoms with E-state index in [1.54, 1.807) is 0 Å². The van der Waals surface area contributed by atoms with Crippen molar-refractivity contribution in [1.29, 1.82) is 0 Å². The third kappa shape index (κ3) is 5.74. The van der Waals surface area contributed by atoms with E-state index in [0.717, 1.165) is 25.7 Å². The molecule has 0 N–H and O–H groups in total. The maximum atomic E-state index is 11.5. The summed E-state index contributed by atoms with van der Waals surface area (Å²) in [6.45, 7) is 0.581. The molecule has 1 fully saturated rings. The van der Waals surface area contributed by atoms with Gasteiger partial charge >= 0.3 is 5.97 Å². The van der Waals surface area contributed by atoms with Crippen LogP contribution in [-0.2, 0) is 20.7 Å². The van der Waals surface area contributed by atoms with Crippen molar-refractivity contribution in [3.8, 4) is 0 Å². The molecule has 110 valence electrons. The van der Waals surface area contributed by atoms with Crippen LogP contribution in [0, 0.1) is 0 Å². The molecule has 2 rings (SSSR count). The van der Waals surface area contributed by atoms with Gasteiger partial charge in [0, 0.05) is 0 Å². The molecule has 0 spiro atoms. The first-order valence-corrected chi connectivity index (χ1v) is 7.66. The van der Waals surface area contributed by atoms with Crippen molar-refractivity contribution >= 4 is 5.97 Å². The number of carbonyl (C=O) groups is 1. The van der Waals surface area contributed by atoms with Crippen LogP contribution in [0.4, 0.5) is 0 Å². The normalized spacial score (nSPS) is 16.0. The summed E-state index contributed by atoms with van der Waals surface area (Å²) in [4.78, 5) is 11.5. The van der Waals surface area contributed by atoms with Gasteiger partial charge in [0.1, 0.15) is 6.61 Å². The average Bonchev–Trinajstić information content (AvgIpc) is 2.52. The quantitative estimate of drug-likeness (QED) is 0.564. The van der Waals surface area contributed by atoms with E-state index in [2.05, 4.69) is 12.1 Å². The van der Waals surface area contributed by atoms with Gasteiger partial charge in [0.25, 0.3) is 0 Å². The molecule has 1 aliphatic carbocycles. The highest BCUT2D eigenvalue weighted by atomic mass is 16.6. The van der Waals surface area contributed by atoms with Crippen LogP contribution in [0.5, 0.6) is 0 Å². The Morgan fingerprint density at radius 1 is 1.10 bits per heavy atom. The lowest BCUT2D eigenvalue weighted by atomic mass is 9.98. The first-order chi connectivity index (χ1) is 9.84. The first-order valence-electron chi connectivity index (χ1n) is 7.66. The van der Waals surface area contributed by atoms with Gasteiger partial charge in [-0.1, -0.05) is 49.6 Å². The molecular formula is C17H24O3. The Morgan fingerprint density at radius 2 is 1.85 bits per heavy atom. The van der Waals surface area contributed by atoms with Crippen molar-refractivity contribution in [3.05, 3.63) is 35.9 Å². The van der Waals surface area contributed by atoms with Gasteiger partial charge in [0.15, 0.2) is 0 Å². The number of aryl methyl sites for hydroxylation is 1. The predicted molar refractivity (Wildman–Crippen MR) is 78.5 cm³/mol. The highest BCUT2D eigenvalue weighted by molar-refractivity contribution is 5.70. The summed E-state index contributed by atoms with van der Waals surface area (Å²) in [7, 11) is 0. The maximum Gasteiger partial charge on any atom is 0.332 e. The Kier molecular flexibility index (Phi) is 6.58. The summed E-state index contributed by atoms with van der Waals surface area (Å²) in [6, 6.07) is 10.2. The highest BCUT2D eigenvalue weighted by Crippen LogP contribution is 2.20. The molecule has 1 aliphatic rings. The minimum absolute atomic E-state index is 0.107. The molecule has 20 heavy (non-hydrogen) atoms. The Hall–Kier alpha value is -1.35. The Balaban J connectivity index is 1.51. The Morgan fingerprint density at radius 3 is 2.60 bits per heavy atom. The SMILES string of the molecule is O=C(COC1CCCCC1)OCCCc1ccccc1. The zero-order valence-electron chi connectivity index (χ0n) is 12.1. The molecule has 3 heteroatoms. The number of hydrogen-bond donors (Lipinski definition) is 0. The number of ether oxygens (including phenoxy) is 2. The molecular weight excluding hydrogens is 252 g/mol. The standard InChI is InChI=1S/C17H24O3/c18-17(14-20-16-11-5-2-6-12-16)19-13-7-10-15-8-3-1-4-9-15/h1,3-4,8-9,16H,2,5-7,10-14H2. The lowest BCUT2D eigenvalue weighted by Crippen LogP contribution is -2.22. The third-order valence-corrected chi connectivity index (χ3v) is 3.70. The summed E-state index contributed by atoms with van der Waals surface area (Å²) >= 11 is 0. The summed E-state index contributed by atoms with van der Waals surface area (Å²) in [5.41, 5.74) is 1.28. The van der Waals surface area contributed by atoms with Crippen molar-refractivity contribution in [1.82, 2.24) is 0 Å². The second-order valence-corrected chi connectivity index (χ2v) is 5.38. The van der Waals surface area contributed by atoms with Crippen LogP contribution in [0.3, 0.4) is 0 Å². The van der Waals surface area contributed by atoms with Gasteiger partial charge < -0.3 is 9.47 Å². The molecule has 0 heterocycles. The van der Waals surface area contributed by atoms with Gasteiger partial charge in [-0.25, -0.2) is 4.79 Å². The Bertz CT molecular complexity index is 382. The number of benzene rings is 1. The van der Waals surface area contributed by atoms with Crippen molar-refractivity contribution in [2.75, 3.05) is 13.2 Å². The van der Waals surface area contributed by atoms with E-state index in [1.165, 1.54) is 24.8 Å². The van der Waals surface area contributed by atoms with Crippen molar-refractivity contribution in [2.24, 2.45) is 0 Å². The van der Waals surface area contributed by atoms with Crippen LogP contribution in [0.25, 0.3) is 0 Å². The number of esters is 1. The second kappa shape index (κ2) is 8.75. The monoisotopic (exact) mass is 276 g/mol. The predicted octanol–water partition coefficient (Wildman–Crippen LogP) is 3.51. The fraction of sp³-hybridized carbons (Fsp3) is 0.588. The largest absolute Gasteiger partial charge is 0.464 e. The summed E-state index contributed by atoms with van der Waals surface area (Å²) in [5.74, 6) is -0.233. The fourth-order valence-corrected chi connectivity index (χ4v) is 2.57. The number of hydrogen-bond acceptors (Lipinski definition) is 3. The molecule has 0 saturated heterocycles. The summed E-state index contributed by atoms with van der Waals surface area (Å²) < 4.78 is 10.8. The summed E-state index contributed by atoms with van der Waals surface area (Å²) in [6.07, 6.45) is 7.97. The van der Waals surface area contributed by atoms with Gasteiger partial charge in [-0.2, -0.15) is 0 Å². The average molecular weight is 276 g/mol. The molecule has 0 atom stereocenters. The molecule has 1 aromatic rings. The zero-order valence-corrected chi connectivity index (χ0v) is 12.1. The molecule has 0 bridgehead atoms. The summed E-state index contributed by atoms with van der Waals surface area (Å²) in [5, 5.41) is 0. The number of rotatable bonds is 7. The van der Waals surface area contributed by atoms with Crippen LogP contribution in [-0.4, -0.2) is 25.3 Å². The molecule has 1 aromatic carbocycles. The van der Waals surface area contributed by atoms with Crippen molar-refractivity contribution in [3.63, 3.8) is 0 Å². The number of carbonyl (C=O) groups excluding carboxylic acids is 1. The lowest BCUT2D eigenvalue weighted by molar-refractivity contribution is -0.151. The maximum absolute atomic E-state index is 11.5. The molecule has 0 amide bonds. The van der Waals surface area contributed by atoms with Gasteiger partial charge in [-0.05, 0) is 31.2 Å². The van der Waals surface area contributed by atoms with Gasteiger partial charge in [0.05, 0.1) is 12.7 Å². The van der Waals surface area contributed by atoms with Crippen LogP contribution in [0.1, 0.15) is 44.1 Å². The molecule has 1 saturated carbocycles. The molecule has 0 radical (unpaired) electrons. The van der Waals surface area contributed by atoms with Crippen LogP contribution < -0.4 is 0 Å². The van der Waals surface area contributed by atoms with Gasteiger partial charge in [0.2, 0.25) is 0 Å².